The molecule has 1 aromatic rings. The SMILES string of the molecule is CC1(C)Cc2sc(C#N)c(C(F)(F)F)c21. The van der Waals surface area contributed by atoms with Crippen molar-refractivity contribution in [3.63, 3.8) is 0 Å². The van der Waals surface area contributed by atoms with Gasteiger partial charge in [-0.25, -0.2) is 0 Å². The molecule has 0 saturated carbocycles. The van der Waals surface area contributed by atoms with Crippen molar-refractivity contribution >= 4 is 11.3 Å². The Balaban J connectivity index is 2.68. The molecule has 1 heterocycles. The van der Waals surface area contributed by atoms with Crippen molar-refractivity contribution in [1.29, 1.82) is 5.26 Å². The number of hydrogen-bond acceptors (Lipinski definition) is 2. The molecule has 1 aliphatic rings. The zero-order chi connectivity index (χ0) is 11.4. The van der Waals surface area contributed by atoms with Crippen LogP contribution in [0, 0.1) is 11.3 Å². The van der Waals surface area contributed by atoms with Crippen molar-refractivity contribution in [3.8, 4) is 6.07 Å². The Morgan fingerprint density at radius 1 is 1.40 bits per heavy atom. The summed E-state index contributed by atoms with van der Waals surface area (Å²) in [4.78, 5) is 0.516. The van der Waals surface area contributed by atoms with Gasteiger partial charge in [-0.3, -0.25) is 0 Å². The van der Waals surface area contributed by atoms with Crippen LogP contribution in [0.25, 0.3) is 0 Å². The van der Waals surface area contributed by atoms with Gasteiger partial charge in [0.1, 0.15) is 10.9 Å². The van der Waals surface area contributed by atoms with E-state index in [0.717, 1.165) is 11.3 Å². The highest BCUT2D eigenvalue weighted by molar-refractivity contribution is 7.13. The molecule has 0 spiro atoms. The first-order valence-corrected chi connectivity index (χ1v) is 5.22. The molecule has 0 fully saturated rings. The minimum Gasteiger partial charge on any atom is -0.192 e. The van der Waals surface area contributed by atoms with Crippen LogP contribution in [0.2, 0.25) is 0 Å². The van der Waals surface area contributed by atoms with Gasteiger partial charge in [0.2, 0.25) is 0 Å². The molecule has 1 aliphatic carbocycles. The fourth-order valence-corrected chi connectivity index (χ4v) is 3.58. The number of nitrogens with zero attached hydrogens (tertiary/aromatic N) is 1. The second-order valence-corrected chi connectivity index (χ2v) is 5.38. The number of thiophene rings is 1. The fraction of sp³-hybridized carbons (Fsp3) is 0.500. The van der Waals surface area contributed by atoms with E-state index in [1.807, 2.05) is 0 Å². The second-order valence-electron chi connectivity index (χ2n) is 4.27. The van der Waals surface area contributed by atoms with Gasteiger partial charge in [0.15, 0.2) is 0 Å². The quantitative estimate of drug-likeness (QED) is 0.670. The molecule has 5 heteroatoms. The Labute approximate surface area is 89.1 Å². The Hall–Kier alpha value is -1.02. The third-order valence-corrected chi connectivity index (χ3v) is 3.74. The maximum atomic E-state index is 12.7. The number of halogens is 3. The average molecular weight is 231 g/mol. The van der Waals surface area contributed by atoms with Crippen LogP contribution in [-0.2, 0) is 18.0 Å². The molecule has 0 N–H and O–H groups in total. The zero-order valence-electron chi connectivity index (χ0n) is 8.20. The number of hydrogen-bond donors (Lipinski definition) is 0. The van der Waals surface area contributed by atoms with Gasteiger partial charge in [-0.2, -0.15) is 18.4 Å². The van der Waals surface area contributed by atoms with Crippen molar-refractivity contribution in [2.24, 2.45) is 0 Å². The largest absolute Gasteiger partial charge is 0.418 e. The molecule has 0 unspecified atom stereocenters. The molecule has 1 nitrogen and oxygen atoms in total. The molecule has 80 valence electrons. The van der Waals surface area contributed by atoms with Crippen LogP contribution in [-0.4, -0.2) is 0 Å². The summed E-state index contributed by atoms with van der Waals surface area (Å²) in [5, 5.41) is 8.68. The molecular formula is C10H8F3NS. The van der Waals surface area contributed by atoms with Crippen LogP contribution in [0.5, 0.6) is 0 Å². The van der Waals surface area contributed by atoms with Crippen molar-refractivity contribution < 1.29 is 13.2 Å². The molecule has 0 amide bonds. The lowest BCUT2D eigenvalue weighted by Gasteiger charge is -2.36. The van der Waals surface area contributed by atoms with E-state index in [1.165, 1.54) is 0 Å². The lowest BCUT2D eigenvalue weighted by molar-refractivity contribution is -0.138. The minimum atomic E-state index is -4.41. The van der Waals surface area contributed by atoms with Crippen LogP contribution in [0.15, 0.2) is 0 Å². The monoisotopic (exact) mass is 231 g/mol. The highest BCUT2D eigenvalue weighted by Gasteiger charge is 2.48. The third-order valence-electron chi connectivity index (χ3n) is 2.65. The maximum Gasteiger partial charge on any atom is 0.418 e. The van der Waals surface area contributed by atoms with Gasteiger partial charge in [0.05, 0.1) is 5.56 Å². The molecule has 0 aliphatic heterocycles. The summed E-state index contributed by atoms with van der Waals surface area (Å²) in [6, 6.07) is 1.64. The zero-order valence-corrected chi connectivity index (χ0v) is 9.01. The number of rotatable bonds is 0. The summed E-state index contributed by atoms with van der Waals surface area (Å²) in [5.41, 5.74) is -0.816. The summed E-state index contributed by atoms with van der Waals surface area (Å²) in [7, 11) is 0. The molecule has 15 heavy (non-hydrogen) atoms. The molecule has 0 bridgehead atoms. The normalized spacial score (nSPS) is 17.9. The number of nitriles is 1. The average Bonchev–Trinajstić information content (AvgIpc) is 2.38. The minimum absolute atomic E-state index is 0.196. The molecule has 1 aromatic heterocycles. The maximum absolute atomic E-state index is 12.7. The van der Waals surface area contributed by atoms with Gasteiger partial charge in [0, 0.05) is 4.88 Å². The molecule has 2 rings (SSSR count). The van der Waals surface area contributed by atoms with Crippen LogP contribution in [0.3, 0.4) is 0 Å². The van der Waals surface area contributed by atoms with E-state index in [0.29, 0.717) is 16.9 Å². The van der Waals surface area contributed by atoms with E-state index in [1.54, 1.807) is 19.9 Å². The summed E-state index contributed by atoms with van der Waals surface area (Å²) in [5.74, 6) is 0. The molecule has 0 radical (unpaired) electrons. The predicted molar refractivity (Wildman–Crippen MR) is 50.8 cm³/mol. The Morgan fingerprint density at radius 3 is 2.40 bits per heavy atom. The standard InChI is InChI=1S/C10H8F3NS/c1-9(2)3-5-7(9)8(10(11,12)13)6(4-14)15-5/h3H2,1-2H3. The molecular weight excluding hydrogens is 223 g/mol. The Bertz CT molecular complexity index is 462. The first-order chi connectivity index (χ1) is 6.77. The van der Waals surface area contributed by atoms with E-state index < -0.39 is 17.2 Å². The van der Waals surface area contributed by atoms with Crippen molar-refractivity contribution in [2.75, 3.05) is 0 Å². The van der Waals surface area contributed by atoms with E-state index in [9.17, 15) is 13.2 Å². The van der Waals surface area contributed by atoms with Gasteiger partial charge < -0.3 is 0 Å². The lowest BCUT2D eigenvalue weighted by Crippen LogP contribution is -2.33. The van der Waals surface area contributed by atoms with Crippen LogP contribution >= 0.6 is 11.3 Å². The van der Waals surface area contributed by atoms with Crippen molar-refractivity contribution in [3.05, 3.63) is 20.9 Å². The fourth-order valence-electron chi connectivity index (χ4n) is 2.05. The van der Waals surface area contributed by atoms with E-state index >= 15 is 0 Å². The van der Waals surface area contributed by atoms with Gasteiger partial charge in [-0.05, 0) is 17.4 Å². The van der Waals surface area contributed by atoms with Gasteiger partial charge in [-0.15, -0.1) is 11.3 Å². The summed E-state index contributed by atoms with van der Waals surface area (Å²) >= 11 is 0.976. The highest BCUT2D eigenvalue weighted by atomic mass is 32.1. The molecule has 0 saturated heterocycles. The van der Waals surface area contributed by atoms with Gasteiger partial charge in [0.25, 0.3) is 0 Å². The third kappa shape index (κ3) is 1.36. The van der Waals surface area contributed by atoms with Gasteiger partial charge in [-0.1, -0.05) is 13.8 Å². The summed E-state index contributed by atoms with van der Waals surface area (Å²) < 4.78 is 38.2. The smallest absolute Gasteiger partial charge is 0.192 e. The number of alkyl halides is 3. The second kappa shape index (κ2) is 2.76. The van der Waals surface area contributed by atoms with Crippen LogP contribution < -0.4 is 0 Å². The summed E-state index contributed by atoms with van der Waals surface area (Å²) in [6.45, 7) is 3.55. The summed E-state index contributed by atoms with van der Waals surface area (Å²) in [6.07, 6.45) is -3.77. The van der Waals surface area contributed by atoms with Crippen molar-refractivity contribution in [2.45, 2.75) is 31.9 Å². The highest BCUT2D eigenvalue weighted by Crippen LogP contribution is 2.53. The first kappa shape index (κ1) is 10.5. The van der Waals surface area contributed by atoms with E-state index in [-0.39, 0.29) is 4.88 Å². The van der Waals surface area contributed by atoms with E-state index in [4.69, 9.17) is 5.26 Å². The number of fused-ring (bicyclic) bond motifs is 1. The van der Waals surface area contributed by atoms with Gasteiger partial charge >= 0.3 is 6.18 Å². The lowest BCUT2D eigenvalue weighted by atomic mass is 9.69. The Morgan fingerprint density at radius 2 is 2.00 bits per heavy atom. The van der Waals surface area contributed by atoms with Crippen molar-refractivity contribution in [1.82, 2.24) is 0 Å². The first-order valence-electron chi connectivity index (χ1n) is 4.41. The van der Waals surface area contributed by atoms with E-state index in [2.05, 4.69) is 0 Å². The predicted octanol–water partition coefficient (Wildman–Crippen LogP) is 3.47. The Kier molecular flexibility index (Phi) is 1.93. The molecule has 0 aromatic carbocycles. The molecule has 0 atom stereocenters. The van der Waals surface area contributed by atoms with Crippen LogP contribution in [0.1, 0.15) is 34.7 Å². The van der Waals surface area contributed by atoms with Crippen LogP contribution in [0.4, 0.5) is 13.2 Å². The topological polar surface area (TPSA) is 23.8 Å².